The molecule has 0 atom stereocenters. The first-order valence-electron chi connectivity index (χ1n) is 7.89. The smallest absolute Gasteiger partial charge is 0.270 e. The number of carbonyl (C=O) groups is 1. The van der Waals surface area contributed by atoms with Crippen molar-refractivity contribution in [3.63, 3.8) is 0 Å². The monoisotopic (exact) mass is 491 g/mol. The lowest BCUT2D eigenvalue weighted by Gasteiger charge is -2.18. The molecule has 0 saturated carbocycles. The molecule has 0 radical (unpaired) electrons. The van der Waals surface area contributed by atoms with E-state index in [4.69, 9.17) is 0 Å². The van der Waals surface area contributed by atoms with Crippen molar-refractivity contribution in [2.75, 3.05) is 11.4 Å². The number of nitro groups is 1. The number of rotatable bonds is 6. The summed E-state index contributed by atoms with van der Waals surface area (Å²) in [4.78, 5) is 29.7. The molecule has 0 saturated heterocycles. The molecular weight excluding hydrogens is 477 g/mol. The van der Waals surface area contributed by atoms with E-state index in [0.29, 0.717) is 8.70 Å². The third-order valence-electron chi connectivity index (χ3n) is 3.74. The standard InChI is InChI=1S/C19H14IN3O3S/c1-2-10-22(18(24)15-11-14(23(25)26)8-9-16(15)20)19-21-17(12-27-19)13-6-4-3-5-7-13/h2-9,11-12H,1,10H2. The molecule has 0 fully saturated rings. The number of hydrogen-bond acceptors (Lipinski definition) is 5. The first kappa shape index (κ1) is 19.2. The Bertz CT molecular complexity index is 1000. The van der Waals surface area contributed by atoms with Crippen LogP contribution in [0.2, 0.25) is 0 Å². The lowest BCUT2D eigenvalue weighted by Crippen LogP contribution is -2.31. The molecule has 1 aromatic heterocycles. The summed E-state index contributed by atoms with van der Waals surface area (Å²) in [6, 6.07) is 13.9. The average Bonchev–Trinajstić information content (AvgIpc) is 3.16. The number of nitrogens with zero attached hydrogens (tertiary/aromatic N) is 3. The number of halogens is 1. The predicted molar refractivity (Wildman–Crippen MR) is 115 cm³/mol. The van der Waals surface area contributed by atoms with Crippen LogP contribution in [0.4, 0.5) is 10.8 Å². The summed E-state index contributed by atoms with van der Waals surface area (Å²) >= 11 is 3.34. The molecule has 0 unspecified atom stereocenters. The molecule has 8 heteroatoms. The molecule has 0 spiro atoms. The molecule has 0 aliphatic rings. The van der Waals surface area contributed by atoms with Gasteiger partial charge < -0.3 is 0 Å². The van der Waals surface area contributed by atoms with Gasteiger partial charge in [-0.3, -0.25) is 19.8 Å². The number of amides is 1. The van der Waals surface area contributed by atoms with Crippen LogP contribution in [0.1, 0.15) is 10.4 Å². The van der Waals surface area contributed by atoms with Crippen molar-refractivity contribution >= 4 is 50.7 Å². The molecule has 6 nitrogen and oxygen atoms in total. The zero-order valence-electron chi connectivity index (χ0n) is 14.0. The Morgan fingerprint density at radius 2 is 2.04 bits per heavy atom. The lowest BCUT2D eigenvalue weighted by molar-refractivity contribution is -0.384. The van der Waals surface area contributed by atoms with Crippen molar-refractivity contribution in [1.82, 2.24) is 4.98 Å². The maximum absolute atomic E-state index is 13.1. The average molecular weight is 491 g/mol. The normalized spacial score (nSPS) is 10.4. The SMILES string of the molecule is C=CCN(C(=O)c1cc([N+](=O)[O-])ccc1I)c1nc(-c2ccccc2)cs1. The third kappa shape index (κ3) is 4.22. The Hall–Kier alpha value is -2.59. The van der Waals surface area contributed by atoms with Crippen LogP contribution in [0.3, 0.4) is 0 Å². The van der Waals surface area contributed by atoms with Gasteiger partial charge in [0.15, 0.2) is 5.13 Å². The highest BCUT2D eigenvalue weighted by molar-refractivity contribution is 14.1. The van der Waals surface area contributed by atoms with Crippen LogP contribution in [0.5, 0.6) is 0 Å². The molecule has 136 valence electrons. The van der Waals surface area contributed by atoms with Crippen LogP contribution in [-0.4, -0.2) is 22.4 Å². The van der Waals surface area contributed by atoms with Crippen LogP contribution in [0, 0.1) is 13.7 Å². The zero-order valence-corrected chi connectivity index (χ0v) is 17.0. The number of non-ortho nitro benzene ring substituents is 1. The van der Waals surface area contributed by atoms with Gasteiger partial charge in [0.25, 0.3) is 11.6 Å². The van der Waals surface area contributed by atoms with E-state index in [1.807, 2.05) is 58.3 Å². The van der Waals surface area contributed by atoms with E-state index in [0.717, 1.165) is 11.3 Å². The number of aromatic nitrogens is 1. The molecule has 2 aromatic carbocycles. The predicted octanol–water partition coefficient (Wildman–Crippen LogP) is 5.16. The molecule has 0 aliphatic carbocycles. The highest BCUT2D eigenvalue weighted by Crippen LogP contribution is 2.29. The molecule has 27 heavy (non-hydrogen) atoms. The van der Waals surface area contributed by atoms with Crippen molar-refractivity contribution in [2.45, 2.75) is 0 Å². The second-order valence-corrected chi connectivity index (χ2v) is 7.51. The number of hydrogen-bond donors (Lipinski definition) is 0. The molecule has 1 heterocycles. The lowest BCUT2D eigenvalue weighted by atomic mass is 10.1. The molecule has 0 bridgehead atoms. The fraction of sp³-hybridized carbons (Fsp3) is 0.0526. The van der Waals surface area contributed by atoms with Gasteiger partial charge in [0.1, 0.15) is 0 Å². The number of carbonyl (C=O) groups excluding carboxylic acids is 1. The molecule has 0 N–H and O–H groups in total. The molecule has 0 aliphatic heterocycles. The first-order valence-corrected chi connectivity index (χ1v) is 9.84. The Kier molecular flexibility index (Phi) is 5.97. The Morgan fingerprint density at radius 1 is 1.30 bits per heavy atom. The Morgan fingerprint density at radius 3 is 2.70 bits per heavy atom. The molecule has 3 rings (SSSR count). The van der Waals surface area contributed by atoms with E-state index in [9.17, 15) is 14.9 Å². The topological polar surface area (TPSA) is 76.3 Å². The van der Waals surface area contributed by atoms with Gasteiger partial charge >= 0.3 is 0 Å². The summed E-state index contributed by atoms with van der Waals surface area (Å²) in [6.45, 7) is 3.96. The molecular formula is C19H14IN3O3S. The van der Waals surface area contributed by atoms with Crippen LogP contribution >= 0.6 is 33.9 Å². The van der Waals surface area contributed by atoms with Gasteiger partial charge in [-0.25, -0.2) is 4.98 Å². The van der Waals surface area contributed by atoms with Crippen LogP contribution in [-0.2, 0) is 0 Å². The van der Waals surface area contributed by atoms with E-state index < -0.39 is 4.92 Å². The van der Waals surface area contributed by atoms with Crippen molar-refractivity contribution in [1.29, 1.82) is 0 Å². The minimum absolute atomic E-state index is 0.124. The van der Waals surface area contributed by atoms with E-state index >= 15 is 0 Å². The first-order chi connectivity index (χ1) is 13.0. The quantitative estimate of drug-likeness (QED) is 0.207. The van der Waals surface area contributed by atoms with Crippen molar-refractivity contribution < 1.29 is 9.72 Å². The van der Waals surface area contributed by atoms with Gasteiger partial charge in [-0.1, -0.05) is 36.4 Å². The van der Waals surface area contributed by atoms with Gasteiger partial charge in [0.05, 0.1) is 16.2 Å². The molecule has 3 aromatic rings. The Balaban J connectivity index is 1.98. The number of benzene rings is 2. The summed E-state index contributed by atoms with van der Waals surface area (Å²) < 4.78 is 0.636. The van der Waals surface area contributed by atoms with E-state index in [1.54, 1.807) is 12.1 Å². The van der Waals surface area contributed by atoms with E-state index in [1.165, 1.54) is 28.4 Å². The minimum atomic E-state index is -0.512. The van der Waals surface area contributed by atoms with Crippen molar-refractivity contribution in [2.24, 2.45) is 0 Å². The molecule has 1 amide bonds. The maximum atomic E-state index is 13.1. The highest BCUT2D eigenvalue weighted by atomic mass is 127. The summed E-state index contributed by atoms with van der Waals surface area (Å²) in [7, 11) is 0. The van der Waals surface area contributed by atoms with E-state index in [-0.39, 0.29) is 23.7 Å². The van der Waals surface area contributed by atoms with Gasteiger partial charge in [-0.2, -0.15) is 0 Å². The minimum Gasteiger partial charge on any atom is -0.280 e. The maximum Gasteiger partial charge on any atom is 0.270 e. The van der Waals surface area contributed by atoms with Crippen molar-refractivity contribution in [3.05, 3.63) is 85.8 Å². The zero-order chi connectivity index (χ0) is 19.4. The van der Waals surface area contributed by atoms with Gasteiger partial charge in [0, 0.05) is 33.2 Å². The number of nitro benzene ring substituents is 1. The van der Waals surface area contributed by atoms with Gasteiger partial charge in [0.2, 0.25) is 0 Å². The van der Waals surface area contributed by atoms with Crippen LogP contribution in [0.25, 0.3) is 11.3 Å². The number of thiazole rings is 1. The number of anilines is 1. The second-order valence-electron chi connectivity index (χ2n) is 5.51. The Labute approximate surface area is 173 Å². The van der Waals surface area contributed by atoms with Gasteiger partial charge in [-0.05, 0) is 28.7 Å². The van der Waals surface area contributed by atoms with E-state index in [2.05, 4.69) is 11.6 Å². The summed E-state index contributed by atoms with van der Waals surface area (Å²) in [5, 5.41) is 13.5. The summed E-state index contributed by atoms with van der Waals surface area (Å²) in [6.07, 6.45) is 1.60. The summed E-state index contributed by atoms with van der Waals surface area (Å²) in [5.74, 6) is -0.350. The van der Waals surface area contributed by atoms with Gasteiger partial charge in [-0.15, -0.1) is 17.9 Å². The third-order valence-corrected chi connectivity index (χ3v) is 5.54. The second kappa shape index (κ2) is 8.40. The van der Waals surface area contributed by atoms with Crippen LogP contribution in [0.15, 0.2) is 66.6 Å². The van der Waals surface area contributed by atoms with Crippen LogP contribution < -0.4 is 4.90 Å². The fourth-order valence-corrected chi connectivity index (χ4v) is 3.85. The highest BCUT2D eigenvalue weighted by Gasteiger charge is 2.24. The van der Waals surface area contributed by atoms with Crippen molar-refractivity contribution in [3.8, 4) is 11.3 Å². The fourth-order valence-electron chi connectivity index (χ4n) is 2.44. The largest absolute Gasteiger partial charge is 0.280 e. The summed E-state index contributed by atoms with van der Waals surface area (Å²) in [5.41, 5.74) is 1.87.